The zero-order chi connectivity index (χ0) is 21.5. The van der Waals surface area contributed by atoms with Crippen LogP contribution < -0.4 is 0 Å². The largest absolute Gasteiger partial charge is 0.507 e. The molecule has 2 aliphatic rings. The smallest absolute Gasteiger partial charge is 0.452 e. The van der Waals surface area contributed by atoms with E-state index in [2.05, 4.69) is 9.68 Å². The van der Waals surface area contributed by atoms with Crippen molar-refractivity contribution in [2.75, 3.05) is 6.61 Å². The molecule has 0 aliphatic carbocycles. The van der Waals surface area contributed by atoms with Crippen molar-refractivity contribution in [3.63, 3.8) is 0 Å². The molecule has 2 aliphatic heterocycles. The summed E-state index contributed by atoms with van der Waals surface area (Å²) in [6.07, 6.45) is -4.66. The second-order valence-corrected chi connectivity index (χ2v) is 9.19. The third-order valence-corrected chi connectivity index (χ3v) is 5.84. The van der Waals surface area contributed by atoms with Crippen molar-refractivity contribution in [1.82, 2.24) is 5.16 Å². The van der Waals surface area contributed by atoms with Crippen LogP contribution in [0.5, 0.6) is 5.75 Å². The maximum atomic E-state index is 12.8. The van der Waals surface area contributed by atoms with Gasteiger partial charge < -0.3 is 14.4 Å². The Bertz CT molecular complexity index is 962. The number of rotatable bonds is 2. The van der Waals surface area contributed by atoms with Gasteiger partial charge in [-0.3, -0.25) is 0 Å². The molecule has 3 heterocycles. The number of aromatic nitrogens is 1. The number of hydrogen-bond acceptors (Lipinski definition) is 6. The summed E-state index contributed by atoms with van der Waals surface area (Å²) in [6.45, 7) is 10.5. The predicted octanol–water partition coefficient (Wildman–Crippen LogP) is 5.02. The van der Waals surface area contributed by atoms with Crippen molar-refractivity contribution in [1.29, 1.82) is 0 Å². The molecule has 2 fully saturated rings. The number of phenols is 1. The van der Waals surface area contributed by atoms with Crippen molar-refractivity contribution in [2.24, 2.45) is 10.8 Å². The lowest BCUT2D eigenvalue weighted by atomic mass is 9.57. The first-order chi connectivity index (χ1) is 13.3. The third-order valence-electron chi connectivity index (χ3n) is 5.84. The SMILES string of the molecule is CC(C)(C)C12OOC1(c1ccc(-c3cc(C(F)(F)F)on3)c(O)c1)OCC2(C)C. The quantitative estimate of drug-likeness (QED) is 0.697. The summed E-state index contributed by atoms with van der Waals surface area (Å²) in [5, 5.41) is 14.0. The Kier molecular flexibility index (Phi) is 3.99. The molecule has 0 spiro atoms. The molecular formula is C20H22F3NO5. The molecule has 0 saturated carbocycles. The van der Waals surface area contributed by atoms with E-state index in [4.69, 9.17) is 14.5 Å². The molecule has 0 radical (unpaired) electrons. The van der Waals surface area contributed by atoms with Gasteiger partial charge in [-0.1, -0.05) is 45.8 Å². The van der Waals surface area contributed by atoms with Gasteiger partial charge in [-0.2, -0.15) is 18.1 Å². The van der Waals surface area contributed by atoms with Crippen LogP contribution >= 0.6 is 0 Å². The van der Waals surface area contributed by atoms with Crippen molar-refractivity contribution in [3.8, 4) is 17.0 Å². The number of nitrogens with zero attached hydrogens (tertiary/aromatic N) is 1. The van der Waals surface area contributed by atoms with Crippen LogP contribution in [-0.2, 0) is 26.5 Å². The van der Waals surface area contributed by atoms with Gasteiger partial charge in [0.2, 0.25) is 5.76 Å². The topological polar surface area (TPSA) is 74.0 Å². The first-order valence-electron chi connectivity index (χ1n) is 9.14. The van der Waals surface area contributed by atoms with Crippen molar-refractivity contribution in [3.05, 3.63) is 35.6 Å². The lowest BCUT2D eigenvalue weighted by molar-refractivity contribution is -0.626. The molecule has 2 unspecified atom stereocenters. The zero-order valence-electron chi connectivity index (χ0n) is 16.7. The van der Waals surface area contributed by atoms with Gasteiger partial charge in [-0.25, -0.2) is 4.89 Å². The van der Waals surface area contributed by atoms with Gasteiger partial charge >= 0.3 is 6.18 Å². The van der Waals surface area contributed by atoms with Crippen molar-refractivity contribution in [2.45, 2.75) is 52.2 Å². The number of alkyl halides is 3. The van der Waals surface area contributed by atoms with Gasteiger partial charge in [0.05, 0.1) is 6.61 Å². The van der Waals surface area contributed by atoms with Crippen molar-refractivity contribution < 1.29 is 37.3 Å². The van der Waals surface area contributed by atoms with E-state index in [1.165, 1.54) is 12.1 Å². The maximum Gasteiger partial charge on any atom is 0.452 e. The third kappa shape index (κ3) is 2.50. The fourth-order valence-electron chi connectivity index (χ4n) is 4.73. The van der Waals surface area contributed by atoms with E-state index >= 15 is 0 Å². The van der Waals surface area contributed by atoms with E-state index < -0.39 is 28.7 Å². The Labute approximate surface area is 165 Å². The highest BCUT2D eigenvalue weighted by Gasteiger charge is 2.81. The van der Waals surface area contributed by atoms with Crippen LogP contribution in [0.25, 0.3) is 11.3 Å². The molecule has 2 saturated heterocycles. The van der Waals surface area contributed by atoms with E-state index in [0.29, 0.717) is 12.2 Å². The van der Waals surface area contributed by atoms with Crippen LogP contribution in [-0.4, -0.2) is 22.5 Å². The summed E-state index contributed by atoms with van der Waals surface area (Å²) >= 11 is 0. The molecule has 2 aromatic rings. The van der Waals surface area contributed by atoms with E-state index in [-0.39, 0.29) is 22.4 Å². The van der Waals surface area contributed by atoms with E-state index in [9.17, 15) is 18.3 Å². The molecule has 29 heavy (non-hydrogen) atoms. The molecule has 158 valence electrons. The van der Waals surface area contributed by atoms with Gasteiger partial charge in [0.15, 0.2) is 5.60 Å². The highest BCUT2D eigenvalue weighted by molar-refractivity contribution is 5.67. The Hall–Kier alpha value is -2.10. The highest BCUT2D eigenvalue weighted by atomic mass is 19.4. The van der Waals surface area contributed by atoms with E-state index in [0.717, 1.165) is 6.07 Å². The van der Waals surface area contributed by atoms with Gasteiger partial charge in [0, 0.05) is 28.0 Å². The van der Waals surface area contributed by atoms with Gasteiger partial charge in [-0.15, -0.1) is 0 Å². The van der Waals surface area contributed by atoms with Gasteiger partial charge in [0.1, 0.15) is 11.4 Å². The minimum Gasteiger partial charge on any atom is -0.507 e. The fourth-order valence-corrected chi connectivity index (χ4v) is 4.73. The number of phenolic OH excluding ortho intramolecular Hbond substituents is 1. The number of aromatic hydroxyl groups is 1. The summed E-state index contributed by atoms with van der Waals surface area (Å²) in [7, 11) is 0. The molecule has 6 nitrogen and oxygen atoms in total. The average Bonchev–Trinajstić information content (AvgIpc) is 3.07. The number of halogens is 3. The Morgan fingerprint density at radius 3 is 2.24 bits per heavy atom. The average molecular weight is 413 g/mol. The standard InChI is InChI=1S/C20H22F3NO5/c1-16(2,3)20-17(4,5)10-26-18(20,28-29-20)11-6-7-12(14(25)8-11)13-9-15(27-24-13)19(21,22)23/h6-9,25H,10H2,1-5H3. The number of hydrogen-bond donors (Lipinski definition) is 1. The monoisotopic (exact) mass is 413 g/mol. The Morgan fingerprint density at radius 2 is 1.76 bits per heavy atom. The summed E-state index contributed by atoms with van der Waals surface area (Å²) in [4.78, 5) is 11.2. The minimum atomic E-state index is -4.66. The molecule has 0 bridgehead atoms. The first kappa shape index (κ1) is 20.2. The van der Waals surface area contributed by atoms with Gasteiger partial charge in [-0.05, 0) is 12.1 Å². The lowest BCUT2D eigenvalue weighted by Gasteiger charge is -2.61. The predicted molar refractivity (Wildman–Crippen MR) is 94.4 cm³/mol. The first-order valence-corrected chi connectivity index (χ1v) is 9.14. The number of fused-ring (bicyclic) bond motifs is 1. The minimum absolute atomic E-state index is 0.100. The van der Waals surface area contributed by atoms with E-state index in [1.54, 1.807) is 6.07 Å². The van der Waals surface area contributed by atoms with Crippen LogP contribution in [0.4, 0.5) is 13.2 Å². The Balaban J connectivity index is 1.77. The van der Waals surface area contributed by atoms with Crippen LogP contribution in [0.2, 0.25) is 0 Å². The summed E-state index contributed by atoms with van der Waals surface area (Å²) < 4.78 is 48.7. The molecule has 0 amide bonds. The zero-order valence-corrected chi connectivity index (χ0v) is 16.7. The highest BCUT2D eigenvalue weighted by Crippen LogP contribution is 2.69. The molecule has 1 aromatic carbocycles. The van der Waals surface area contributed by atoms with Crippen LogP contribution in [0.15, 0.2) is 28.8 Å². The number of ether oxygens (including phenoxy) is 1. The summed E-state index contributed by atoms with van der Waals surface area (Å²) in [6, 6.07) is 5.23. The Morgan fingerprint density at radius 1 is 1.07 bits per heavy atom. The van der Waals surface area contributed by atoms with E-state index in [1.807, 2.05) is 34.6 Å². The molecule has 1 aromatic heterocycles. The fraction of sp³-hybridized carbons (Fsp3) is 0.550. The van der Waals surface area contributed by atoms with Crippen LogP contribution in [0, 0.1) is 10.8 Å². The van der Waals surface area contributed by atoms with Crippen LogP contribution in [0.3, 0.4) is 0 Å². The second kappa shape index (κ2) is 5.74. The summed E-state index contributed by atoms with van der Waals surface area (Å²) in [5.74, 6) is -2.76. The van der Waals surface area contributed by atoms with Gasteiger partial charge in [0.25, 0.3) is 5.79 Å². The maximum absolute atomic E-state index is 12.8. The summed E-state index contributed by atoms with van der Waals surface area (Å²) in [5.41, 5.74) is -1.13. The van der Waals surface area contributed by atoms with Crippen LogP contribution in [0.1, 0.15) is 45.9 Å². The molecule has 4 rings (SSSR count). The number of benzene rings is 1. The normalized spacial score (nSPS) is 28.8. The second-order valence-electron chi connectivity index (χ2n) is 9.19. The molecule has 1 N–H and O–H groups in total. The van der Waals surface area contributed by atoms with Crippen molar-refractivity contribution >= 4 is 0 Å². The molecular weight excluding hydrogens is 391 g/mol. The lowest BCUT2D eigenvalue weighted by Crippen LogP contribution is -2.72. The molecule has 9 heteroatoms. The molecule has 2 atom stereocenters.